The fourth-order valence-corrected chi connectivity index (χ4v) is 7.55. The van der Waals surface area contributed by atoms with Crippen LogP contribution in [-0.4, -0.2) is 70.9 Å². The number of sulfonamides is 1. The van der Waals surface area contributed by atoms with E-state index in [2.05, 4.69) is 25.4 Å². The van der Waals surface area contributed by atoms with Crippen molar-refractivity contribution in [3.05, 3.63) is 54.1 Å². The van der Waals surface area contributed by atoms with E-state index in [9.17, 15) is 22.8 Å². The third kappa shape index (κ3) is 7.58. The van der Waals surface area contributed by atoms with Crippen LogP contribution in [0, 0.1) is 11.7 Å². The largest absolute Gasteiger partial charge is 0.494 e. The number of allylic oxidation sites excluding steroid dienone is 1. The number of hydrogen-bond acceptors (Lipinski definition) is 9. The number of nitrogens with zero attached hydrogens (tertiary/aromatic N) is 3. The maximum atomic E-state index is 15.5. The highest BCUT2D eigenvalue weighted by Gasteiger charge is 2.62. The van der Waals surface area contributed by atoms with Gasteiger partial charge in [-0.2, -0.15) is 5.10 Å². The predicted molar refractivity (Wildman–Crippen MR) is 187 cm³/mol. The Morgan fingerprint density at radius 2 is 1.94 bits per heavy atom. The van der Waals surface area contributed by atoms with Crippen LogP contribution in [0.2, 0.25) is 0 Å². The van der Waals surface area contributed by atoms with Crippen molar-refractivity contribution in [2.75, 3.05) is 13.7 Å². The third-order valence-corrected chi connectivity index (χ3v) is 12.2. The molecule has 51 heavy (non-hydrogen) atoms. The van der Waals surface area contributed by atoms with Gasteiger partial charge in [-0.15, -0.1) is 0 Å². The smallest absolute Gasteiger partial charge is 0.259 e. The summed E-state index contributed by atoms with van der Waals surface area (Å²) in [5.74, 6) is -2.12. The second-order valence-electron chi connectivity index (χ2n) is 14.2. The number of benzene rings is 1. The number of hydrogen-bond donors (Lipinski definition) is 3. The lowest BCUT2D eigenvalue weighted by Crippen LogP contribution is -2.57. The van der Waals surface area contributed by atoms with Gasteiger partial charge in [0.2, 0.25) is 21.8 Å². The molecule has 13 nitrogen and oxygen atoms in total. The number of ether oxygens (including phenoxy) is 2. The van der Waals surface area contributed by atoms with Crippen LogP contribution in [0.1, 0.15) is 90.2 Å². The molecule has 3 aliphatic rings. The first kappa shape index (κ1) is 36.3. The summed E-state index contributed by atoms with van der Waals surface area (Å²) in [6, 6.07) is 5.45. The second kappa shape index (κ2) is 14.2. The number of nitrogens with one attached hydrogen (secondary N) is 3. The quantitative estimate of drug-likeness (QED) is 0.258. The lowest BCUT2D eigenvalue weighted by Gasteiger charge is -2.24. The predicted octanol–water partition coefficient (Wildman–Crippen LogP) is 4.34. The van der Waals surface area contributed by atoms with Crippen LogP contribution in [-0.2, 0) is 24.4 Å². The Morgan fingerprint density at radius 1 is 1.16 bits per heavy atom. The van der Waals surface area contributed by atoms with Crippen molar-refractivity contribution in [3.8, 4) is 17.3 Å². The number of methoxy groups -OCH3 is 1. The van der Waals surface area contributed by atoms with Crippen molar-refractivity contribution in [3.63, 3.8) is 0 Å². The van der Waals surface area contributed by atoms with Gasteiger partial charge in [-0.3, -0.25) is 19.1 Å². The van der Waals surface area contributed by atoms with Gasteiger partial charge in [0.1, 0.15) is 22.8 Å². The third-order valence-electron chi connectivity index (χ3n) is 10.0. The van der Waals surface area contributed by atoms with E-state index in [1.165, 1.54) is 17.9 Å². The molecule has 1 aliphatic heterocycles. The normalized spacial score (nSPS) is 24.1. The first-order valence-corrected chi connectivity index (χ1v) is 19.0. The number of aromatic nitrogens is 3. The number of rotatable bonds is 10. The summed E-state index contributed by atoms with van der Waals surface area (Å²) in [6.45, 7) is 5.51. The van der Waals surface area contributed by atoms with Crippen LogP contribution in [0.4, 0.5) is 4.39 Å². The van der Waals surface area contributed by atoms with Crippen LogP contribution >= 0.6 is 0 Å². The molecular weight excluding hydrogens is 679 g/mol. The van der Waals surface area contributed by atoms with Crippen molar-refractivity contribution in [2.24, 2.45) is 5.92 Å². The van der Waals surface area contributed by atoms with Gasteiger partial charge in [-0.25, -0.2) is 22.5 Å². The van der Waals surface area contributed by atoms with E-state index in [1.807, 2.05) is 32.1 Å². The van der Waals surface area contributed by atoms with Gasteiger partial charge in [-0.1, -0.05) is 32.4 Å². The fraction of sp³-hybridized carbons (Fsp3) is 0.528. The molecule has 0 bridgehead atoms. The minimum Gasteiger partial charge on any atom is -0.494 e. The van der Waals surface area contributed by atoms with Crippen LogP contribution in [0.3, 0.4) is 0 Å². The molecule has 3 N–H and O–H groups in total. The topological polar surface area (TPSA) is 171 Å². The van der Waals surface area contributed by atoms with Crippen molar-refractivity contribution in [2.45, 2.75) is 101 Å². The molecule has 6 rings (SSSR count). The summed E-state index contributed by atoms with van der Waals surface area (Å²) in [5, 5.41) is 10.5. The molecule has 2 saturated carbocycles. The number of carbonyl (C=O) groups excluding carboxylic acids is 3. The van der Waals surface area contributed by atoms with E-state index in [0.717, 1.165) is 25.0 Å². The van der Waals surface area contributed by atoms with Gasteiger partial charge in [0, 0.05) is 36.4 Å². The molecular formula is C36H45FN6O7S. The summed E-state index contributed by atoms with van der Waals surface area (Å²) < 4.78 is 55.6. The molecule has 2 fully saturated rings. The molecule has 2 aliphatic carbocycles. The SMILES string of the molecule is COc1ccc2c(OCC[C@@H]3NC(=O)CCCCC/C=C\[C@@H]4C[C@@]4(C(=O)NS(=O)(=O)C4(C)CC4)NC3=O)cc(-n3ccc(C(C)C)n3)nc2c1F. The Balaban J connectivity index is 1.25. The molecule has 0 saturated heterocycles. The summed E-state index contributed by atoms with van der Waals surface area (Å²) in [7, 11) is -2.59. The lowest BCUT2D eigenvalue weighted by atomic mass is 10.1. The van der Waals surface area contributed by atoms with Gasteiger partial charge < -0.3 is 20.1 Å². The summed E-state index contributed by atoms with van der Waals surface area (Å²) in [4.78, 5) is 45.0. The first-order chi connectivity index (χ1) is 24.3. The molecule has 0 unspecified atom stereocenters. The number of pyridine rings is 1. The fourth-order valence-electron chi connectivity index (χ4n) is 6.24. The molecule has 15 heteroatoms. The Bertz CT molecular complexity index is 1980. The average Bonchev–Trinajstić information content (AvgIpc) is 3.95. The minimum absolute atomic E-state index is 0.00303. The molecule has 0 spiro atoms. The number of carbonyl (C=O) groups is 3. The van der Waals surface area contributed by atoms with Crippen molar-refractivity contribution < 1.29 is 36.7 Å². The monoisotopic (exact) mass is 724 g/mol. The van der Waals surface area contributed by atoms with E-state index < -0.39 is 49.9 Å². The number of amides is 3. The lowest BCUT2D eigenvalue weighted by molar-refractivity contribution is -0.132. The van der Waals surface area contributed by atoms with Crippen molar-refractivity contribution >= 4 is 38.6 Å². The van der Waals surface area contributed by atoms with Crippen LogP contribution in [0.25, 0.3) is 16.7 Å². The van der Waals surface area contributed by atoms with E-state index in [-0.39, 0.29) is 54.7 Å². The van der Waals surface area contributed by atoms with Crippen LogP contribution < -0.4 is 24.8 Å². The molecule has 3 amide bonds. The molecule has 3 aromatic rings. The molecule has 3 atom stereocenters. The number of halogens is 1. The zero-order valence-electron chi connectivity index (χ0n) is 29.3. The van der Waals surface area contributed by atoms with Crippen molar-refractivity contribution in [1.29, 1.82) is 0 Å². The van der Waals surface area contributed by atoms with Gasteiger partial charge in [0.05, 0.1) is 24.2 Å². The Kier molecular flexibility index (Phi) is 10.1. The highest BCUT2D eigenvalue weighted by Crippen LogP contribution is 2.47. The highest BCUT2D eigenvalue weighted by molar-refractivity contribution is 7.91. The van der Waals surface area contributed by atoms with Crippen molar-refractivity contribution in [1.82, 2.24) is 30.1 Å². The molecule has 2 aromatic heterocycles. The zero-order valence-corrected chi connectivity index (χ0v) is 30.1. The average molecular weight is 725 g/mol. The Labute approximate surface area is 296 Å². The molecule has 274 valence electrons. The highest BCUT2D eigenvalue weighted by atomic mass is 32.2. The minimum atomic E-state index is -3.96. The molecule has 1 aromatic carbocycles. The molecule has 0 radical (unpaired) electrons. The van der Waals surface area contributed by atoms with E-state index >= 15 is 4.39 Å². The van der Waals surface area contributed by atoms with Gasteiger partial charge in [0.15, 0.2) is 17.4 Å². The maximum Gasteiger partial charge on any atom is 0.259 e. The second-order valence-corrected chi connectivity index (χ2v) is 16.4. The van der Waals surface area contributed by atoms with E-state index in [1.54, 1.807) is 25.3 Å². The molecule has 3 heterocycles. The Hall–Kier alpha value is -4.53. The van der Waals surface area contributed by atoms with Crippen LogP contribution in [0.15, 0.2) is 42.6 Å². The first-order valence-electron chi connectivity index (χ1n) is 17.5. The van der Waals surface area contributed by atoms with E-state index in [4.69, 9.17) is 9.47 Å². The van der Waals surface area contributed by atoms with Gasteiger partial charge in [-0.05, 0) is 69.6 Å². The zero-order chi connectivity index (χ0) is 36.6. The standard InChI is InChI=1S/C36H45FN6O7S/c1-22(2)25-14-18-43(41-25)29-20-28(24-12-13-27(49-4)31(37)32(24)39-29)50-19-15-26-33(45)40-36(34(46)42-51(47,48)35(3)16-17-35)21-23(36)10-8-6-5-7-9-11-30(44)38-26/h8,10,12-14,18,20,22-23,26H,5-7,9,11,15-17,19,21H2,1-4H3,(H,38,44)(H,40,45)(H,42,46)/b10-8-/t23-,26+,36-/m1/s1. The number of fused-ring (bicyclic) bond motifs is 2. The van der Waals surface area contributed by atoms with Gasteiger partial charge in [0.25, 0.3) is 5.91 Å². The maximum absolute atomic E-state index is 15.5. The van der Waals surface area contributed by atoms with Crippen LogP contribution in [0.5, 0.6) is 11.5 Å². The summed E-state index contributed by atoms with van der Waals surface area (Å²) in [5.41, 5.74) is -0.658. The summed E-state index contributed by atoms with van der Waals surface area (Å²) >= 11 is 0. The summed E-state index contributed by atoms with van der Waals surface area (Å²) in [6.07, 6.45) is 9.87. The van der Waals surface area contributed by atoms with Gasteiger partial charge >= 0.3 is 0 Å². The Morgan fingerprint density at radius 3 is 2.65 bits per heavy atom. The van der Waals surface area contributed by atoms with E-state index in [0.29, 0.717) is 30.5 Å².